The van der Waals surface area contributed by atoms with Crippen molar-refractivity contribution in [2.75, 3.05) is 34.4 Å². The fourth-order valence-electron chi connectivity index (χ4n) is 3.85. The van der Waals surface area contributed by atoms with Crippen molar-refractivity contribution < 1.29 is 27.1 Å². The van der Waals surface area contributed by atoms with Gasteiger partial charge in [0.1, 0.15) is 5.82 Å². The predicted octanol–water partition coefficient (Wildman–Crippen LogP) is 3.56. The maximum atomic E-state index is 13.4. The topological polar surface area (TPSA) is 76.2 Å². The predicted molar refractivity (Wildman–Crippen MR) is 119 cm³/mol. The molecule has 1 aliphatic rings. The molecule has 174 valence electrons. The third kappa shape index (κ3) is 5.00. The number of amides is 1. The number of methoxy groups -OCH3 is 2. The first-order valence-electron chi connectivity index (χ1n) is 10.1. The second-order valence-corrected chi connectivity index (χ2v) is 9.95. The third-order valence-electron chi connectivity index (χ3n) is 5.60. The van der Waals surface area contributed by atoms with Crippen LogP contribution in [0.4, 0.5) is 4.39 Å². The number of benzene rings is 2. The molecule has 0 saturated carbocycles. The normalized spacial score (nSPS) is 15.4. The van der Waals surface area contributed by atoms with Gasteiger partial charge in [0, 0.05) is 38.2 Å². The summed E-state index contributed by atoms with van der Waals surface area (Å²) in [4.78, 5) is 14.5. The first-order valence-corrected chi connectivity index (χ1v) is 11.9. The van der Waals surface area contributed by atoms with Gasteiger partial charge in [0.15, 0.2) is 11.5 Å². The third-order valence-corrected chi connectivity index (χ3v) is 7.78. The summed E-state index contributed by atoms with van der Waals surface area (Å²) >= 11 is 5.74. The van der Waals surface area contributed by atoms with E-state index in [0.29, 0.717) is 30.9 Å². The van der Waals surface area contributed by atoms with E-state index in [1.807, 2.05) is 12.1 Å². The number of hydrogen-bond acceptors (Lipinski definition) is 5. The summed E-state index contributed by atoms with van der Waals surface area (Å²) in [5, 5.41) is -0.245. The van der Waals surface area contributed by atoms with Crippen molar-refractivity contribution >= 4 is 27.5 Å². The lowest BCUT2D eigenvalue weighted by Crippen LogP contribution is -2.43. The first kappa shape index (κ1) is 24.3. The van der Waals surface area contributed by atoms with Gasteiger partial charge in [-0.15, -0.1) is 0 Å². The fraction of sp³-hybridized carbons (Fsp3) is 0.409. The van der Waals surface area contributed by atoms with Crippen LogP contribution in [0.3, 0.4) is 0 Å². The average Bonchev–Trinajstić information content (AvgIpc) is 2.80. The molecule has 0 unspecified atom stereocenters. The Hall–Kier alpha value is -2.36. The number of para-hydroxylation sites is 1. The Balaban J connectivity index is 1.64. The van der Waals surface area contributed by atoms with Crippen molar-refractivity contribution in [3.63, 3.8) is 0 Å². The summed E-state index contributed by atoms with van der Waals surface area (Å²) < 4.78 is 51.2. The van der Waals surface area contributed by atoms with Crippen molar-refractivity contribution in [1.82, 2.24) is 9.21 Å². The van der Waals surface area contributed by atoms with Crippen LogP contribution in [0.2, 0.25) is 5.02 Å². The van der Waals surface area contributed by atoms with Crippen molar-refractivity contribution in [3.05, 3.63) is 52.8 Å². The molecule has 1 heterocycles. The highest BCUT2D eigenvalue weighted by Crippen LogP contribution is 2.32. The van der Waals surface area contributed by atoms with Crippen molar-refractivity contribution in [3.8, 4) is 11.5 Å². The number of hydrogen-bond donors (Lipinski definition) is 0. The molecule has 10 heteroatoms. The summed E-state index contributed by atoms with van der Waals surface area (Å²) in [7, 11) is 1.01. The highest BCUT2D eigenvalue weighted by Gasteiger charge is 2.33. The largest absolute Gasteiger partial charge is 0.493 e. The van der Waals surface area contributed by atoms with Crippen LogP contribution < -0.4 is 9.47 Å². The first-order chi connectivity index (χ1) is 15.2. The number of carbonyl (C=O) groups is 1. The van der Waals surface area contributed by atoms with Gasteiger partial charge in [0.25, 0.3) is 0 Å². The Kier molecular flexibility index (Phi) is 7.63. The minimum absolute atomic E-state index is 0.0586. The number of ether oxygens (including phenoxy) is 2. The molecule has 1 amide bonds. The zero-order valence-electron chi connectivity index (χ0n) is 18.2. The van der Waals surface area contributed by atoms with Gasteiger partial charge in [-0.1, -0.05) is 23.7 Å². The lowest BCUT2D eigenvalue weighted by atomic mass is 9.96. The minimum Gasteiger partial charge on any atom is -0.493 e. The number of rotatable bonds is 7. The Bertz CT molecular complexity index is 1090. The zero-order chi connectivity index (χ0) is 23.5. The van der Waals surface area contributed by atoms with Crippen LogP contribution in [0.1, 0.15) is 18.4 Å². The Morgan fingerprint density at radius 1 is 1.19 bits per heavy atom. The van der Waals surface area contributed by atoms with Gasteiger partial charge in [0.2, 0.25) is 15.9 Å². The number of carbonyl (C=O) groups excluding carboxylic acids is 1. The van der Waals surface area contributed by atoms with E-state index in [0.717, 1.165) is 17.7 Å². The van der Waals surface area contributed by atoms with Gasteiger partial charge < -0.3 is 14.4 Å². The monoisotopic (exact) mass is 484 g/mol. The Labute approximate surface area is 192 Å². The lowest BCUT2D eigenvalue weighted by Gasteiger charge is -2.32. The molecule has 0 spiro atoms. The van der Waals surface area contributed by atoms with E-state index in [-0.39, 0.29) is 34.8 Å². The Morgan fingerprint density at radius 3 is 2.47 bits per heavy atom. The van der Waals surface area contributed by atoms with Crippen molar-refractivity contribution in [1.29, 1.82) is 0 Å². The molecule has 3 rings (SSSR count). The van der Waals surface area contributed by atoms with E-state index >= 15 is 0 Å². The minimum atomic E-state index is -3.81. The van der Waals surface area contributed by atoms with Crippen LogP contribution in [-0.4, -0.2) is 57.9 Å². The van der Waals surface area contributed by atoms with Crippen LogP contribution in [-0.2, 0) is 21.4 Å². The van der Waals surface area contributed by atoms with Crippen LogP contribution in [0.25, 0.3) is 0 Å². The molecule has 1 saturated heterocycles. The second-order valence-electron chi connectivity index (χ2n) is 7.60. The summed E-state index contributed by atoms with van der Waals surface area (Å²) in [5.41, 5.74) is 0.816. The molecule has 1 aliphatic heterocycles. The summed E-state index contributed by atoms with van der Waals surface area (Å²) in [6.45, 7) is 0.736. The average molecular weight is 485 g/mol. The summed E-state index contributed by atoms with van der Waals surface area (Å²) in [6, 6.07) is 8.83. The van der Waals surface area contributed by atoms with E-state index in [9.17, 15) is 17.6 Å². The van der Waals surface area contributed by atoms with Gasteiger partial charge in [0.05, 0.1) is 24.1 Å². The fourth-order valence-corrected chi connectivity index (χ4v) is 5.59. The maximum absolute atomic E-state index is 13.4. The van der Waals surface area contributed by atoms with Crippen molar-refractivity contribution in [2.24, 2.45) is 5.92 Å². The SMILES string of the molecule is COc1cccc(CN(C)C(=O)C2CCN(S(=O)(=O)c3ccc(F)c(Cl)c3)CC2)c1OC. The molecule has 32 heavy (non-hydrogen) atoms. The standard InChI is InChI=1S/C22H26ClFN2O5S/c1-25(14-16-5-4-6-20(30-2)21(16)31-3)22(27)15-9-11-26(12-10-15)32(28,29)17-7-8-19(24)18(23)13-17/h4-8,13,15H,9-12,14H2,1-3H3. The highest BCUT2D eigenvalue weighted by molar-refractivity contribution is 7.89. The summed E-state index contributed by atoms with van der Waals surface area (Å²) in [5.74, 6) is 0.140. The van der Waals surface area contributed by atoms with Gasteiger partial charge in [-0.25, -0.2) is 12.8 Å². The van der Waals surface area contributed by atoms with Gasteiger partial charge in [-0.05, 0) is 37.1 Å². The van der Waals surface area contributed by atoms with E-state index in [2.05, 4.69) is 0 Å². The highest BCUT2D eigenvalue weighted by atomic mass is 35.5. The van der Waals surface area contributed by atoms with Gasteiger partial charge in [-0.3, -0.25) is 4.79 Å². The molecule has 2 aromatic carbocycles. The van der Waals surface area contributed by atoms with Crippen LogP contribution in [0.5, 0.6) is 11.5 Å². The number of piperidine rings is 1. The Morgan fingerprint density at radius 2 is 1.88 bits per heavy atom. The van der Waals surface area contributed by atoms with Crippen LogP contribution in [0, 0.1) is 11.7 Å². The van der Waals surface area contributed by atoms with Crippen molar-refractivity contribution in [2.45, 2.75) is 24.3 Å². The van der Waals surface area contributed by atoms with E-state index in [1.54, 1.807) is 32.2 Å². The van der Waals surface area contributed by atoms with E-state index in [4.69, 9.17) is 21.1 Å². The molecule has 0 atom stereocenters. The van der Waals surface area contributed by atoms with E-state index < -0.39 is 15.8 Å². The zero-order valence-corrected chi connectivity index (χ0v) is 19.7. The molecule has 0 N–H and O–H groups in total. The van der Waals surface area contributed by atoms with E-state index in [1.165, 1.54) is 10.4 Å². The molecule has 0 bridgehead atoms. The molecule has 0 aromatic heterocycles. The molecule has 1 fully saturated rings. The maximum Gasteiger partial charge on any atom is 0.243 e. The molecular weight excluding hydrogens is 459 g/mol. The number of nitrogens with zero attached hydrogens (tertiary/aromatic N) is 2. The molecule has 0 radical (unpaired) electrons. The lowest BCUT2D eigenvalue weighted by molar-refractivity contribution is -0.135. The van der Waals surface area contributed by atoms with Crippen LogP contribution in [0.15, 0.2) is 41.3 Å². The number of sulfonamides is 1. The smallest absolute Gasteiger partial charge is 0.243 e. The molecule has 2 aromatic rings. The molecule has 7 nitrogen and oxygen atoms in total. The molecular formula is C22H26ClFN2O5S. The molecule has 0 aliphatic carbocycles. The van der Waals surface area contributed by atoms with Gasteiger partial charge in [-0.2, -0.15) is 4.31 Å². The number of halogens is 2. The summed E-state index contributed by atoms with van der Waals surface area (Å²) in [6.07, 6.45) is 0.791. The van der Waals surface area contributed by atoms with Gasteiger partial charge >= 0.3 is 0 Å². The second kappa shape index (κ2) is 10.1. The van der Waals surface area contributed by atoms with Crippen LogP contribution >= 0.6 is 11.6 Å². The quantitative estimate of drug-likeness (QED) is 0.600.